The SMILES string of the molecule is c1ccc2c(c1)CC2CNc1ccc2c(n1)CCC2. The Morgan fingerprint density at radius 2 is 2.00 bits per heavy atom. The number of nitrogens with zero attached hydrogens (tertiary/aromatic N) is 1. The molecule has 0 fully saturated rings. The fourth-order valence-electron chi connectivity index (χ4n) is 3.29. The van der Waals surface area contributed by atoms with Crippen molar-refractivity contribution in [2.45, 2.75) is 31.6 Å². The summed E-state index contributed by atoms with van der Waals surface area (Å²) in [5, 5.41) is 3.51. The van der Waals surface area contributed by atoms with Crippen molar-refractivity contribution in [3.05, 3.63) is 58.8 Å². The molecule has 1 N–H and O–H groups in total. The molecule has 1 atom stereocenters. The predicted molar refractivity (Wildman–Crippen MR) is 77.6 cm³/mol. The molecule has 0 aliphatic heterocycles. The van der Waals surface area contributed by atoms with E-state index in [2.05, 4.69) is 41.7 Å². The third-order valence-electron chi connectivity index (χ3n) is 4.42. The van der Waals surface area contributed by atoms with Gasteiger partial charge in [0.05, 0.1) is 0 Å². The largest absolute Gasteiger partial charge is 0.369 e. The molecule has 96 valence electrons. The zero-order chi connectivity index (χ0) is 12.7. The number of pyridine rings is 1. The first-order chi connectivity index (χ1) is 9.40. The summed E-state index contributed by atoms with van der Waals surface area (Å²) in [6.07, 6.45) is 4.83. The first kappa shape index (κ1) is 11.0. The topological polar surface area (TPSA) is 24.9 Å². The molecule has 2 aliphatic rings. The molecule has 4 rings (SSSR count). The molecule has 2 nitrogen and oxygen atoms in total. The molecule has 0 saturated heterocycles. The zero-order valence-corrected chi connectivity index (χ0v) is 11.0. The van der Waals surface area contributed by atoms with Gasteiger partial charge in [-0.25, -0.2) is 4.98 Å². The number of benzene rings is 1. The summed E-state index contributed by atoms with van der Waals surface area (Å²) in [7, 11) is 0. The van der Waals surface area contributed by atoms with E-state index in [1.165, 1.54) is 41.6 Å². The van der Waals surface area contributed by atoms with Gasteiger partial charge in [0, 0.05) is 18.2 Å². The summed E-state index contributed by atoms with van der Waals surface area (Å²) in [5.74, 6) is 1.70. The number of aryl methyl sites for hydroxylation is 2. The highest BCUT2D eigenvalue weighted by Crippen LogP contribution is 2.34. The minimum absolute atomic E-state index is 0.659. The Kier molecular flexibility index (Phi) is 2.54. The van der Waals surface area contributed by atoms with E-state index >= 15 is 0 Å². The maximum Gasteiger partial charge on any atom is 0.126 e. The Morgan fingerprint density at radius 1 is 1.05 bits per heavy atom. The molecular weight excluding hydrogens is 232 g/mol. The minimum atomic E-state index is 0.659. The highest BCUT2D eigenvalue weighted by atomic mass is 15.0. The van der Waals surface area contributed by atoms with Gasteiger partial charge in [-0.05, 0) is 48.4 Å². The van der Waals surface area contributed by atoms with Crippen LogP contribution in [0.5, 0.6) is 0 Å². The standard InChI is InChI=1S/C17H18N2/c1-2-6-15-13(4-1)10-14(15)11-18-17-9-8-12-5-3-7-16(12)19-17/h1-2,4,6,8-9,14H,3,5,7,10-11H2,(H,18,19). The van der Waals surface area contributed by atoms with E-state index in [0.717, 1.165) is 18.8 Å². The maximum atomic E-state index is 4.73. The van der Waals surface area contributed by atoms with Crippen LogP contribution in [-0.2, 0) is 19.3 Å². The molecule has 0 spiro atoms. The van der Waals surface area contributed by atoms with Crippen LogP contribution in [0.15, 0.2) is 36.4 Å². The first-order valence-electron chi connectivity index (χ1n) is 7.20. The Labute approximate surface area is 113 Å². The molecule has 2 heteroatoms. The summed E-state index contributed by atoms with van der Waals surface area (Å²) in [4.78, 5) is 4.73. The monoisotopic (exact) mass is 250 g/mol. The molecule has 2 aliphatic carbocycles. The number of hydrogen-bond acceptors (Lipinski definition) is 2. The van der Waals surface area contributed by atoms with Crippen molar-refractivity contribution in [3.63, 3.8) is 0 Å². The summed E-state index contributed by atoms with van der Waals surface area (Å²) in [6.45, 7) is 1.00. The molecule has 0 amide bonds. The lowest BCUT2D eigenvalue weighted by Crippen LogP contribution is -2.24. The second-order valence-electron chi connectivity index (χ2n) is 5.64. The number of anilines is 1. The minimum Gasteiger partial charge on any atom is -0.369 e. The van der Waals surface area contributed by atoms with Gasteiger partial charge < -0.3 is 5.32 Å². The van der Waals surface area contributed by atoms with Crippen molar-refractivity contribution in [2.75, 3.05) is 11.9 Å². The Balaban J connectivity index is 1.44. The highest BCUT2D eigenvalue weighted by molar-refractivity contribution is 5.44. The van der Waals surface area contributed by atoms with E-state index < -0.39 is 0 Å². The van der Waals surface area contributed by atoms with Crippen LogP contribution < -0.4 is 5.32 Å². The van der Waals surface area contributed by atoms with E-state index in [1.807, 2.05) is 0 Å². The van der Waals surface area contributed by atoms with Gasteiger partial charge in [-0.15, -0.1) is 0 Å². The van der Waals surface area contributed by atoms with Crippen LogP contribution in [0.1, 0.15) is 34.7 Å². The van der Waals surface area contributed by atoms with Crippen LogP contribution in [0.2, 0.25) is 0 Å². The zero-order valence-electron chi connectivity index (χ0n) is 11.0. The molecule has 19 heavy (non-hydrogen) atoms. The van der Waals surface area contributed by atoms with Gasteiger partial charge in [0.2, 0.25) is 0 Å². The van der Waals surface area contributed by atoms with Crippen molar-refractivity contribution in [1.82, 2.24) is 4.98 Å². The second-order valence-corrected chi connectivity index (χ2v) is 5.64. The molecular formula is C17H18N2. The molecule has 1 aromatic carbocycles. The van der Waals surface area contributed by atoms with Crippen molar-refractivity contribution >= 4 is 5.82 Å². The van der Waals surface area contributed by atoms with Crippen LogP contribution in [0.3, 0.4) is 0 Å². The molecule has 0 saturated carbocycles. The molecule has 2 aromatic rings. The van der Waals surface area contributed by atoms with Crippen molar-refractivity contribution in [2.24, 2.45) is 0 Å². The first-order valence-corrected chi connectivity index (χ1v) is 7.20. The fraction of sp³-hybridized carbons (Fsp3) is 0.353. The van der Waals surface area contributed by atoms with E-state index in [0.29, 0.717) is 5.92 Å². The predicted octanol–water partition coefficient (Wildman–Crippen LogP) is 3.32. The fourth-order valence-corrected chi connectivity index (χ4v) is 3.29. The second kappa shape index (κ2) is 4.37. The lowest BCUT2D eigenvalue weighted by Gasteiger charge is -2.30. The summed E-state index contributed by atoms with van der Waals surface area (Å²) < 4.78 is 0. The van der Waals surface area contributed by atoms with Crippen LogP contribution in [-0.4, -0.2) is 11.5 Å². The van der Waals surface area contributed by atoms with Gasteiger partial charge in [0.25, 0.3) is 0 Å². The lowest BCUT2D eigenvalue weighted by molar-refractivity contribution is 0.634. The van der Waals surface area contributed by atoms with Gasteiger partial charge in [-0.1, -0.05) is 30.3 Å². The van der Waals surface area contributed by atoms with Crippen molar-refractivity contribution < 1.29 is 0 Å². The number of nitrogens with one attached hydrogen (secondary N) is 1. The number of rotatable bonds is 3. The molecule has 1 heterocycles. The van der Waals surface area contributed by atoms with E-state index in [1.54, 1.807) is 0 Å². The Morgan fingerprint density at radius 3 is 2.95 bits per heavy atom. The van der Waals surface area contributed by atoms with E-state index in [4.69, 9.17) is 4.98 Å². The van der Waals surface area contributed by atoms with Crippen LogP contribution in [0, 0.1) is 0 Å². The third kappa shape index (κ3) is 1.92. The molecule has 1 unspecified atom stereocenters. The maximum absolute atomic E-state index is 4.73. The number of fused-ring (bicyclic) bond motifs is 2. The normalized spacial score (nSPS) is 19.5. The lowest BCUT2D eigenvalue weighted by atomic mass is 9.77. The molecule has 0 bridgehead atoms. The third-order valence-corrected chi connectivity index (χ3v) is 4.42. The van der Waals surface area contributed by atoms with E-state index in [-0.39, 0.29) is 0 Å². The molecule has 0 radical (unpaired) electrons. The van der Waals surface area contributed by atoms with Gasteiger partial charge in [-0.3, -0.25) is 0 Å². The highest BCUT2D eigenvalue weighted by Gasteiger charge is 2.25. The van der Waals surface area contributed by atoms with Crippen LogP contribution in [0.25, 0.3) is 0 Å². The smallest absolute Gasteiger partial charge is 0.126 e. The Bertz CT molecular complexity index is 618. The van der Waals surface area contributed by atoms with Gasteiger partial charge in [0.1, 0.15) is 5.82 Å². The average Bonchev–Trinajstić information content (AvgIpc) is 2.87. The van der Waals surface area contributed by atoms with Gasteiger partial charge in [-0.2, -0.15) is 0 Å². The summed E-state index contributed by atoms with van der Waals surface area (Å²) in [5.41, 5.74) is 5.77. The summed E-state index contributed by atoms with van der Waals surface area (Å²) >= 11 is 0. The Hall–Kier alpha value is -1.83. The van der Waals surface area contributed by atoms with Crippen molar-refractivity contribution in [3.8, 4) is 0 Å². The van der Waals surface area contributed by atoms with Gasteiger partial charge in [0.15, 0.2) is 0 Å². The molecule has 1 aromatic heterocycles. The van der Waals surface area contributed by atoms with Crippen molar-refractivity contribution in [1.29, 1.82) is 0 Å². The summed E-state index contributed by atoms with van der Waals surface area (Å²) in [6, 6.07) is 13.1. The van der Waals surface area contributed by atoms with E-state index in [9.17, 15) is 0 Å². The van der Waals surface area contributed by atoms with Gasteiger partial charge >= 0.3 is 0 Å². The number of hydrogen-bond donors (Lipinski definition) is 1. The van der Waals surface area contributed by atoms with Crippen LogP contribution >= 0.6 is 0 Å². The van der Waals surface area contributed by atoms with Crippen LogP contribution in [0.4, 0.5) is 5.82 Å². The quantitative estimate of drug-likeness (QED) is 0.904. The average molecular weight is 250 g/mol. The number of aromatic nitrogens is 1.